The Morgan fingerprint density at radius 3 is 3.00 bits per heavy atom. The van der Waals surface area contributed by atoms with E-state index >= 15 is 0 Å². The number of hydrogen-bond donors (Lipinski definition) is 1. The predicted molar refractivity (Wildman–Crippen MR) is 39.0 cm³/mol. The number of nitrogens with zero attached hydrogens (tertiary/aromatic N) is 2. The molecule has 1 rings (SSSR count). The van der Waals surface area contributed by atoms with Crippen molar-refractivity contribution in [3.8, 4) is 0 Å². The van der Waals surface area contributed by atoms with Crippen molar-refractivity contribution in [1.29, 1.82) is 0 Å². The molecule has 0 bridgehead atoms. The van der Waals surface area contributed by atoms with E-state index < -0.39 is 0 Å². The van der Waals surface area contributed by atoms with E-state index in [4.69, 9.17) is 16.7 Å². The van der Waals surface area contributed by atoms with Gasteiger partial charge >= 0.3 is 0 Å². The average molecular weight is 161 g/mol. The molecule has 1 aromatic heterocycles. The molecule has 0 spiro atoms. The molecule has 56 valence electrons. The van der Waals surface area contributed by atoms with Crippen molar-refractivity contribution in [3.05, 3.63) is 18.7 Å². The summed E-state index contributed by atoms with van der Waals surface area (Å²) in [6.07, 6.45) is 5.16. The SMILES string of the molecule is OCC(Cl)Cn1ccnc1. The molecular weight excluding hydrogens is 152 g/mol. The first-order valence-corrected chi connectivity index (χ1v) is 3.47. The highest BCUT2D eigenvalue weighted by molar-refractivity contribution is 6.20. The molecule has 0 aliphatic heterocycles. The van der Waals surface area contributed by atoms with Gasteiger partial charge < -0.3 is 9.67 Å². The van der Waals surface area contributed by atoms with Gasteiger partial charge in [-0.25, -0.2) is 4.98 Å². The van der Waals surface area contributed by atoms with Crippen molar-refractivity contribution in [2.75, 3.05) is 6.61 Å². The standard InChI is InChI=1S/C6H9ClN2O/c7-6(4-10)3-9-2-1-8-5-9/h1-2,5-6,10H,3-4H2. The summed E-state index contributed by atoms with van der Waals surface area (Å²) in [7, 11) is 0. The van der Waals surface area contributed by atoms with Gasteiger partial charge in [-0.05, 0) is 0 Å². The summed E-state index contributed by atoms with van der Waals surface area (Å²) < 4.78 is 1.83. The van der Waals surface area contributed by atoms with Crippen molar-refractivity contribution in [3.63, 3.8) is 0 Å². The maximum atomic E-state index is 8.57. The molecule has 1 atom stereocenters. The van der Waals surface area contributed by atoms with E-state index in [0.29, 0.717) is 6.54 Å². The van der Waals surface area contributed by atoms with Gasteiger partial charge in [0, 0.05) is 18.9 Å². The monoisotopic (exact) mass is 160 g/mol. The first kappa shape index (κ1) is 7.57. The fourth-order valence-corrected chi connectivity index (χ4v) is 0.841. The zero-order chi connectivity index (χ0) is 7.40. The van der Waals surface area contributed by atoms with Crippen LogP contribution in [0.1, 0.15) is 0 Å². The van der Waals surface area contributed by atoms with Gasteiger partial charge in [-0.1, -0.05) is 0 Å². The second-order valence-electron chi connectivity index (χ2n) is 2.04. The highest BCUT2D eigenvalue weighted by atomic mass is 35.5. The van der Waals surface area contributed by atoms with Crippen LogP contribution in [-0.2, 0) is 6.54 Å². The summed E-state index contributed by atoms with van der Waals surface area (Å²) in [5, 5.41) is 8.35. The first-order valence-electron chi connectivity index (χ1n) is 3.03. The molecule has 0 aliphatic carbocycles. The highest BCUT2D eigenvalue weighted by Gasteiger charge is 2.01. The Kier molecular flexibility index (Phi) is 2.71. The quantitative estimate of drug-likeness (QED) is 0.654. The minimum atomic E-state index is -0.214. The van der Waals surface area contributed by atoms with Gasteiger partial charge in [-0.3, -0.25) is 0 Å². The third-order valence-electron chi connectivity index (χ3n) is 1.17. The van der Waals surface area contributed by atoms with E-state index in [-0.39, 0.29) is 12.0 Å². The summed E-state index contributed by atoms with van der Waals surface area (Å²) in [5.41, 5.74) is 0. The fraction of sp³-hybridized carbons (Fsp3) is 0.500. The van der Waals surface area contributed by atoms with Crippen molar-refractivity contribution >= 4 is 11.6 Å². The van der Waals surface area contributed by atoms with Gasteiger partial charge in [-0.2, -0.15) is 0 Å². The lowest BCUT2D eigenvalue weighted by Gasteiger charge is -2.04. The van der Waals surface area contributed by atoms with Gasteiger partial charge in [0.1, 0.15) is 0 Å². The zero-order valence-corrected chi connectivity index (χ0v) is 6.20. The Hall–Kier alpha value is -0.540. The second kappa shape index (κ2) is 3.58. The molecule has 4 heteroatoms. The summed E-state index contributed by atoms with van der Waals surface area (Å²) >= 11 is 5.66. The first-order chi connectivity index (χ1) is 4.83. The molecule has 1 N–H and O–H groups in total. The lowest BCUT2D eigenvalue weighted by Crippen LogP contribution is -2.12. The molecular formula is C6H9ClN2O. The van der Waals surface area contributed by atoms with E-state index in [1.54, 1.807) is 12.5 Å². The molecule has 10 heavy (non-hydrogen) atoms. The van der Waals surface area contributed by atoms with Gasteiger partial charge in [0.2, 0.25) is 0 Å². The third-order valence-corrected chi connectivity index (χ3v) is 1.44. The van der Waals surface area contributed by atoms with Crippen LogP contribution < -0.4 is 0 Å². The molecule has 1 heterocycles. The Bertz CT molecular complexity index is 176. The fourth-order valence-electron chi connectivity index (χ4n) is 0.681. The van der Waals surface area contributed by atoms with Crippen LogP contribution in [0.4, 0.5) is 0 Å². The van der Waals surface area contributed by atoms with Crippen LogP contribution in [0.2, 0.25) is 0 Å². The zero-order valence-electron chi connectivity index (χ0n) is 5.44. The smallest absolute Gasteiger partial charge is 0.0946 e. The maximum Gasteiger partial charge on any atom is 0.0946 e. The molecule has 0 aromatic carbocycles. The highest BCUT2D eigenvalue weighted by Crippen LogP contribution is 1.98. The third kappa shape index (κ3) is 2.01. The van der Waals surface area contributed by atoms with Crippen LogP contribution >= 0.6 is 11.6 Å². The van der Waals surface area contributed by atoms with E-state index in [0.717, 1.165) is 0 Å². The van der Waals surface area contributed by atoms with Gasteiger partial charge in [0.15, 0.2) is 0 Å². The molecule has 0 saturated heterocycles. The Morgan fingerprint density at radius 2 is 2.50 bits per heavy atom. The number of hydrogen-bond acceptors (Lipinski definition) is 2. The number of halogens is 1. The van der Waals surface area contributed by atoms with Crippen LogP contribution in [-0.4, -0.2) is 26.6 Å². The van der Waals surface area contributed by atoms with Gasteiger partial charge in [0.25, 0.3) is 0 Å². The number of alkyl halides is 1. The topological polar surface area (TPSA) is 38.0 Å². The number of imidazole rings is 1. The lowest BCUT2D eigenvalue weighted by atomic mass is 10.4. The van der Waals surface area contributed by atoms with Crippen LogP contribution in [0.3, 0.4) is 0 Å². The average Bonchev–Trinajstić information content (AvgIpc) is 2.40. The number of aliphatic hydroxyl groups excluding tert-OH is 1. The van der Waals surface area contributed by atoms with Crippen LogP contribution in [0, 0.1) is 0 Å². The molecule has 1 aromatic rings. The van der Waals surface area contributed by atoms with Crippen molar-refractivity contribution in [2.45, 2.75) is 11.9 Å². The Labute approximate surface area is 64.3 Å². The van der Waals surface area contributed by atoms with Crippen LogP contribution in [0.15, 0.2) is 18.7 Å². The van der Waals surface area contributed by atoms with Gasteiger partial charge in [-0.15, -0.1) is 11.6 Å². The van der Waals surface area contributed by atoms with Crippen LogP contribution in [0.5, 0.6) is 0 Å². The maximum absolute atomic E-state index is 8.57. The Balaban J connectivity index is 2.40. The minimum Gasteiger partial charge on any atom is -0.395 e. The number of aliphatic hydroxyl groups is 1. The summed E-state index contributed by atoms with van der Waals surface area (Å²) in [4.78, 5) is 3.83. The van der Waals surface area contributed by atoms with Crippen molar-refractivity contribution < 1.29 is 5.11 Å². The molecule has 0 radical (unpaired) electrons. The summed E-state index contributed by atoms with van der Waals surface area (Å²) in [6.45, 7) is 0.609. The molecule has 0 saturated carbocycles. The normalized spacial score (nSPS) is 13.4. The van der Waals surface area contributed by atoms with E-state index in [1.807, 2.05) is 10.8 Å². The van der Waals surface area contributed by atoms with Crippen LogP contribution in [0.25, 0.3) is 0 Å². The van der Waals surface area contributed by atoms with Crippen molar-refractivity contribution in [2.24, 2.45) is 0 Å². The molecule has 0 aliphatic rings. The molecule has 0 amide bonds. The largest absolute Gasteiger partial charge is 0.395 e. The van der Waals surface area contributed by atoms with E-state index in [9.17, 15) is 0 Å². The lowest BCUT2D eigenvalue weighted by molar-refractivity contribution is 0.283. The Morgan fingerprint density at radius 1 is 1.70 bits per heavy atom. The molecule has 1 unspecified atom stereocenters. The summed E-state index contributed by atoms with van der Waals surface area (Å²) in [6, 6.07) is 0. The van der Waals surface area contributed by atoms with Crippen molar-refractivity contribution in [1.82, 2.24) is 9.55 Å². The summed E-state index contributed by atoms with van der Waals surface area (Å²) in [5.74, 6) is 0. The van der Waals surface area contributed by atoms with E-state index in [2.05, 4.69) is 4.98 Å². The van der Waals surface area contributed by atoms with Gasteiger partial charge in [0.05, 0.1) is 18.3 Å². The minimum absolute atomic E-state index is 0.000262. The predicted octanol–water partition coefficient (Wildman–Crippen LogP) is 0.483. The number of rotatable bonds is 3. The second-order valence-corrected chi connectivity index (χ2v) is 2.66. The number of aromatic nitrogens is 2. The molecule has 0 fully saturated rings. The molecule has 3 nitrogen and oxygen atoms in total. The van der Waals surface area contributed by atoms with E-state index in [1.165, 1.54) is 0 Å².